The molecule has 19 heteroatoms. The molecule has 2 aromatic carbocycles. The zero-order chi connectivity index (χ0) is 46.2. The first-order valence-corrected chi connectivity index (χ1v) is 22.1. The molecule has 3 aromatic rings. The number of carbonyl (C=O) groups is 7. The topological polar surface area (TPSA) is 309 Å². The molecule has 2 aliphatic rings. The van der Waals surface area contributed by atoms with Gasteiger partial charge in [0.15, 0.2) is 5.96 Å². The lowest BCUT2D eigenvalue weighted by Crippen LogP contribution is -2.60. The van der Waals surface area contributed by atoms with E-state index in [-0.39, 0.29) is 70.0 Å². The van der Waals surface area contributed by atoms with Crippen LogP contribution in [0.2, 0.25) is 0 Å². The number of aromatic amines is 1. The highest BCUT2D eigenvalue weighted by Gasteiger charge is 2.40. The number of carboxylic acids is 1. The summed E-state index contributed by atoms with van der Waals surface area (Å²) in [6.45, 7) is 1.37. The van der Waals surface area contributed by atoms with Crippen molar-refractivity contribution < 1.29 is 38.7 Å². The van der Waals surface area contributed by atoms with Crippen LogP contribution in [0.15, 0.2) is 65.8 Å². The van der Waals surface area contributed by atoms with Gasteiger partial charge in [0.2, 0.25) is 35.4 Å². The van der Waals surface area contributed by atoms with Crippen molar-refractivity contribution in [3.05, 3.63) is 71.9 Å². The summed E-state index contributed by atoms with van der Waals surface area (Å²) in [7, 11) is 0. The van der Waals surface area contributed by atoms with Crippen molar-refractivity contribution in [3.8, 4) is 0 Å². The Morgan fingerprint density at radius 1 is 0.766 bits per heavy atom. The zero-order valence-electron chi connectivity index (χ0n) is 36.4. The normalized spacial score (nSPS) is 17.5. The molecule has 0 radical (unpaired) electrons. The lowest BCUT2D eigenvalue weighted by molar-refractivity contribution is -0.143. The quantitative estimate of drug-likeness (QED) is 0.0375. The fourth-order valence-electron chi connectivity index (χ4n) is 8.59. The van der Waals surface area contributed by atoms with Crippen LogP contribution in [0.25, 0.3) is 10.9 Å². The monoisotopic (exact) mass is 885 g/mol. The molecule has 1 aliphatic heterocycles. The summed E-state index contributed by atoms with van der Waals surface area (Å²) in [6.07, 6.45) is 7.86. The van der Waals surface area contributed by atoms with Gasteiger partial charge in [-0.1, -0.05) is 80.6 Å². The summed E-state index contributed by atoms with van der Waals surface area (Å²) in [5.41, 5.74) is 19.2. The molecular formula is C45H63N11O8. The Morgan fingerprint density at radius 3 is 2.08 bits per heavy atom. The Bertz CT molecular complexity index is 2120. The molecule has 346 valence electrons. The molecule has 13 N–H and O–H groups in total. The third kappa shape index (κ3) is 14.0. The van der Waals surface area contributed by atoms with Crippen molar-refractivity contribution in [1.82, 2.24) is 36.5 Å². The molecule has 1 saturated carbocycles. The van der Waals surface area contributed by atoms with Crippen molar-refractivity contribution in [2.24, 2.45) is 28.1 Å². The number of hydrogen-bond acceptors (Lipinski definition) is 9. The molecule has 64 heavy (non-hydrogen) atoms. The average molecular weight is 886 g/mol. The number of H-pyrrole nitrogens is 1. The Hall–Kier alpha value is -6.50. The van der Waals surface area contributed by atoms with E-state index >= 15 is 0 Å². The van der Waals surface area contributed by atoms with Gasteiger partial charge in [-0.15, -0.1) is 0 Å². The highest BCUT2D eigenvalue weighted by Crippen LogP contribution is 2.28. The Labute approximate surface area is 372 Å². The van der Waals surface area contributed by atoms with Crippen LogP contribution in [0.3, 0.4) is 0 Å². The van der Waals surface area contributed by atoms with E-state index in [9.17, 15) is 38.7 Å². The predicted molar refractivity (Wildman–Crippen MR) is 240 cm³/mol. The molecule has 2 fully saturated rings. The third-order valence-corrected chi connectivity index (χ3v) is 11.9. The first-order valence-electron chi connectivity index (χ1n) is 22.1. The van der Waals surface area contributed by atoms with E-state index in [4.69, 9.17) is 17.2 Å². The number of nitrogens with two attached hydrogens (primary N) is 3. The van der Waals surface area contributed by atoms with Gasteiger partial charge in [-0.25, -0.2) is 4.79 Å². The van der Waals surface area contributed by atoms with Crippen LogP contribution in [0, 0.1) is 5.92 Å². The molecule has 19 nitrogen and oxygen atoms in total. The molecule has 1 aromatic heterocycles. The second-order valence-corrected chi connectivity index (χ2v) is 16.7. The number of aliphatic carboxylic acids is 1. The minimum atomic E-state index is -1.31. The third-order valence-electron chi connectivity index (χ3n) is 11.9. The van der Waals surface area contributed by atoms with Crippen LogP contribution in [0.5, 0.6) is 0 Å². The molecule has 0 bridgehead atoms. The standard InChI is InChI=1S/C45H63N11O8/c1-27(57)51-34(22-28-12-4-2-5-13-28)39(58)55-37(25-46)43(62)56-21-11-19-38(56)42(61)54-35(23-29-14-6-3-7-15-29)40(59)53-36(24-30-26-50-32-17-9-8-16-31(30)32)41(60)52-33(44(63)64)18-10-20-49-45(47)48/h2,4-5,8-9,12-13,16-17,26,29,33-38,50H,3,6-7,10-11,14-15,18-25,46H2,1H3,(H,51,57)(H,52,60)(H,53,59)(H,54,61)(H,55,58)(H,63,64)(H4,47,48,49)/t33-,34+,35-,36+,37+,38+/m1/s1. The van der Waals surface area contributed by atoms with Crippen LogP contribution in [-0.4, -0.2) is 118 Å². The maximum Gasteiger partial charge on any atom is 0.326 e. The number of carbonyl (C=O) groups excluding carboxylic acids is 6. The molecule has 6 amide bonds. The highest BCUT2D eigenvalue weighted by atomic mass is 16.4. The second kappa shape index (κ2) is 23.8. The van der Waals surface area contributed by atoms with E-state index in [0.29, 0.717) is 12.0 Å². The van der Waals surface area contributed by atoms with Gasteiger partial charge in [-0.3, -0.25) is 33.8 Å². The summed E-state index contributed by atoms with van der Waals surface area (Å²) in [4.78, 5) is 103. The second-order valence-electron chi connectivity index (χ2n) is 16.7. The number of guanidine groups is 1. The summed E-state index contributed by atoms with van der Waals surface area (Å²) >= 11 is 0. The number of fused-ring (bicyclic) bond motifs is 1. The summed E-state index contributed by atoms with van der Waals surface area (Å²) in [5, 5.41) is 24.5. The number of benzene rings is 2. The SMILES string of the molecule is CC(=O)N[C@@H](Cc1ccccc1)C(=O)N[C@@H](CN)C(=O)N1CCC[C@H]1C(=O)N[C@H](CC1CCCCC1)C(=O)N[C@@H](Cc1c[nH]c2ccccc12)C(=O)N[C@H](CCCN=C(N)N)C(=O)O. The summed E-state index contributed by atoms with van der Waals surface area (Å²) in [5.74, 6) is -4.89. The number of aliphatic imine (C=N–C) groups is 1. The maximum absolute atomic E-state index is 14.5. The van der Waals surface area contributed by atoms with Gasteiger partial charge in [-0.2, -0.15) is 0 Å². The molecular weight excluding hydrogens is 823 g/mol. The molecule has 5 rings (SSSR count). The molecule has 0 spiro atoms. The zero-order valence-corrected chi connectivity index (χ0v) is 36.4. The summed E-state index contributed by atoms with van der Waals surface area (Å²) in [6, 6.07) is 9.66. The largest absolute Gasteiger partial charge is 0.480 e. The van der Waals surface area contributed by atoms with Crippen molar-refractivity contribution in [1.29, 1.82) is 0 Å². The first-order chi connectivity index (χ1) is 30.7. The average Bonchev–Trinajstić information content (AvgIpc) is 3.94. The molecule has 1 saturated heterocycles. The van der Waals surface area contributed by atoms with E-state index in [1.54, 1.807) is 6.20 Å². The van der Waals surface area contributed by atoms with Gasteiger partial charge < -0.3 is 58.8 Å². The van der Waals surface area contributed by atoms with E-state index in [1.807, 2.05) is 54.6 Å². The van der Waals surface area contributed by atoms with Crippen molar-refractivity contribution >= 4 is 58.3 Å². The van der Waals surface area contributed by atoms with Gasteiger partial charge in [0.1, 0.15) is 36.3 Å². The van der Waals surface area contributed by atoms with Crippen LogP contribution in [0.1, 0.15) is 82.3 Å². The van der Waals surface area contributed by atoms with Crippen LogP contribution in [-0.2, 0) is 46.4 Å². The summed E-state index contributed by atoms with van der Waals surface area (Å²) < 4.78 is 0. The van der Waals surface area contributed by atoms with E-state index in [0.717, 1.165) is 48.6 Å². The molecule has 6 atom stereocenters. The van der Waals surface area contributed by atoms with Crippen molar-refractivity contribution in [2.75, 3.05) is 19.6 Å². The van der Waals surface area contributed by atoms with E-state index < -0.39 is 77.7 Å². The van der Waals surface area contributed by atoms with Gasteiger partial charge >= 0.3 is 5.97 Å². The van der Waals surface area contributed by atoms with E-state index in [1.165, 1.54) is 11.8 Å². The van der Waals surface area contributed by atoms with Crippen LogP contribution < -0.4 is 43.8 Å². The number of nitrogens with zero attached hydrogens (tertiary/aromatic N) is 2. The van der Waals surface area contributed by atoms with Crippen LogP contribution >= 0.6 is 0 Å². The van der Waals surface area contributed by atoms with Crippen LogP contribution in [0.4, 0.5) is 0 Å². The maximum atomic E-state index is 14.5. The fourth-order valence-corrected chi connectivity index (χ4v) is 8.59. The highest BCUT2D eigenvalue weighted by molar-refractivity contribution is 5.97. The van der Waals surface area contributed by atoms with E-state index in [2.05, 4.69) is 36.6 Å². The number of aromatic nitrogens is 1. The fraction of sp³-hybridized carbons (Fsp3) is 0.511. The molecule has 1 aliphatic carbocycles. The number of amides is 6. The number of hydrogen-bond donors (Lipinski definition) is 10. The van der Waals surface area contributed by atoms with Gasteiger partial charge in [0.25, 0.3) is 0 Å². The number of nitrogens with one attached hydrogen (secondary N) is 6. The Balaban J connectivity index is 1.34. The number of carboxylic acid groups (broad SMARTS) is 1. The first kappa shape index (κ1) is 48.5. The lowest BCUT2D eigenvalue weighted by Gasteiger charge is -2.32. The van der Waals surface area contributed by atoms with Gasteiger partial charge in [0.05, 0.1) is 0 Å². The smallest absolute Gasteiger partial charge is 0.326 e. The number of likely N-dealkylation sites (tertiary alicyclic amines) is 1. The number of rotatable bonds is 22. The minimum absolute atomic E-state index is 0.00271. The molecule has 2 heterocycles. The minimum Gasteiger partial charge on any atom is -0.480 e. The lowest BCUT2D eigenvalue weighted by atomic mass is 9.84. The van der Waals surface area contributed by atoms with Crippen molar-refractivity contribution in [3.63, 3.8) is 0 Å². The Kier molecular flexibility index (Phi) is 18.1. The predicted octanol–water partition coefficient (Wildman–Crippen LogP) is 0.455. The van der Waals surface area contributed by atoms with Crippen molar-refractivity contribution in [2.45, 2.75) is 120 Å². The Morgan fingerprint density at radius 2 is 1.41 bits per heavy atom. The number of para-hydroxylation sites is 1. The van der Waals surface area contributed by atoms with Gasteiger partial charge in [0, 0.05) is 56.5 Å². The molecule has 0 unspecified atom stereocenters. The van der Waals surface area contributed by atoms with Gasteiger partial charge in [-0.05, 0) is 55.2 Å².